The van der Waals surface area contributed by atoms with E-state index in [1.54, 1.807) is 35.4 Å². The van der Waals surface area contributed by atoms with Gasteiger partial charge in [0, 0.05) is 16.1 Å². The van der Waals surface area contributed by atoms with Crippen LogP contribution >= 0.6 is 11.6 Å². The molecule has 166 valence electrons. The van der Waals surface area contributed by atoms with Gasteiger partial charge in [0.2, 0.25) is 0 Å². The summed E-state index contributed by atoms with van der Waals surface area (Å²) in [6, 6.07) is 15.4. The van der Waals surface area contributed by atoms with E-state index in [2.05, 4.69) is 16.8 Å². The third kappa shape index (κ3) is 3.76. The van der Waals surface area contributed by atoms with Crippen molar-refractivity contribution < 1.29 is 19.1 Å². The summed E-state index contributed by atoms with van der Waals surface area (Å²) in [6.07, 6.45) is 3.25. The number of carbonyl (C=O) groups excluding carboxylic acids is 1. The average molecular weight is 462 g/mol. The number of nitrogens with one attached hydrogen (secondary N) is 1. The number of carbonyl (C=O) groups is 1. The first-order chi connectivity index (χ1) is 16.1. The van der Waals surface area contributed by atoms with Gasteiger partial charge in [0.15, 0.2) is 0 Å². The third-order valence-electron chi connectivity index (χ3n) is 5.55. The Balaban J connectivity index is 1.62. The van der Waals surface area contributed by atoms with E-state index in [0.29, 0.717) is 45.7 Å². The topological polar surface area (TPSA) is 91.6 Å². The van der Waals surface area contributed by atoms with Crippen molar-refractivity contribution >= 4 is 17.5 Å². The Bertz CT molecular complexity index is 1310. The SMILES string of the molecule is C=CCOc1ccc(C2c3c(-c4cc(Cl)ccc4O)n[nH]c3C(=O)N2Cc2ccco2)cc1. The highest BCUT2D eigenvalue weighted by atomic mass is 35.5. The number of benzene rings is 2. The van der Waals surface area contributed by atoms with Crippen molar-refractivity contribution in [1.29, 1.82) is 0 Å². The van der Waals surface area contributed by atoms with Crippen molar-refractivity contribution in [3.63, 3.8) is 0 Å². The van der Waals surface area contributed by atoms with Crippen LogP contribution in [-0.4, -0.2) is 32.7 Å². The quantitative estimate of drug-likeness (QED) is 0.362. The molecule has 1 unspecified atom stereocenters. The predicted molar refractivity (Wildman–Crippen MR) is 123 cm³/mol. The normalized spacial score (nSPS) is 15.0. The number of phenolic OH excluding ortho intramolecular Hbond substituents is 1. The summed E-state index contributed by atoms with van der Waals surface area (Å²) in [7, 11) is 0. The standard InChI is InChI=1S/C25H20ClN3O4/c1-2-11-32-17-8-5-15(6-9-17)24-21-22(19-13-16(26)7-10-20(19)30)27-28-23(21)25(31)29(24)14-18-4-3-12-33-18/h2-10,12-13,24,30H,1,11,14H2,(H,27,28). The molecular formula is C25H20ClN3O4. The number of hydrogen-bond donors (Lipinski definition) is 2. The van der Waals surface area contributed by atoms with Gasteiger partial charge in [-0.25, -0.2) is 0 Å². The van der Waals surface area contributed by atoms with Crippen LogP contribution in [0.3, 0.4) is 0 Å². The molecule has 1 amide bonds. The number of hydrogen-bond acceptors (Lipinski definition) is 5. The van der Waals surface area contributed by atoms with Gasteiger partial charge in [0.05, 0.1) is 18.8 Å². The lowest BCUT2D eigenvalue weighted by atomic mass is 9.95. The molecule has 5 rings (SSSR count). The molecule has 33 heavy (non-hydrogen) atoms. The minimum absolute atomic E-state index is 0.0255. The Labute approximate surface area is 194 Å². The fraction of sp³-hybridized carbons (Fsp3) is 0.120. The molecule has 0 fully saturated rings. The Morgan fingerprint density at radius 3 is 2.79 bits per heavy atom. The molecule has 0 spiro atoms. The number of amides is 1. The zero-order chi connectivity index (χ0) is 22.9. The molecule has 7 nitrogen and oxygen atoms in total. The number of aromatic nitrogens is 2. The van der Waals surface area contributed by atoms with E-state index >= 15 is 0 Å². The summed E-state index contributed by atoms with van der Waals surface area (Å²) < 4.78 is 11.1. The largest absolute Gasteiger partial charge is 0.507 e. The van der Waals surface area contributed by atoms with E-state index in [-0.39, 0.29) is 18.2 Å². The molecule has 1 aliphatic heterocycles. The van der Waals surface area contributed by atoms with E-state index in [4.69, 9.17) is 20.8 Å². The number of H-pyrrole nitrogens is 1. The molecule has 1 atom stereocenters. The smallest absolute Gasteiger partial charge is 0.273 e. The van der Waals surface area contributed by atoms with Crippen molar-refractivity contribution in [2.75, 3.05) is 6.61 Å². The fourth-order valence-corrected chi connectivity index (χ4v) is 4.25. The number of halogens is 1. The molecule has 8 heteroatoms. The molecular weight excluding hydrogens is 442 g/mol. The monoisotopic (exact) mass is 461 g/mol. The first kappa shape index (κ1) is 20.9. The highest BCUT2D eigenvalue weighted by molar-refractivity contribution is 6.31. The van der Waals surface area contributed by atoms with E-state index < -0.39 is 6.04 Å². The molecule has 0 saturated heterocycles. The second-order valence-electron chi connectivity index (χ2n) is 7.61. The van der Waals surface area contributed by atoms with Crippen LogP contribution in [0.4, 0.5) is 0 Å². The van der Waals surface area contributed by atoms with Gasteiger partial charge in [0.25, 0.3) is 5.91 Å². The molecule has 2 aromatic heterocycles. The average Bonchev–Trinajstić information content (AvgIpc) is 3.54. The molecule has 3 heterocycles. The van der Waals surface area contributed by atoms with Crippen LogP contribution < -0.4 is 4.74 Å². The van der Waals surface area contributed by atoms with E-state index in [0.717, 1.165) is 5.56 Å². The first-order valence-electron chi connectivity index (χ1n) is 10.3. The zero-order valence-corrected chi connectivity index (χ0v) is 18.2. The summed E-state index contributed by atoms with van der Waals surface area (Å²) >= 11 is 6.19. The summed E-state index contributed by atoms with van der Waals surface area (Å²) in [6.45, 7) is 4.33. The highest BCUT2D eigenvalue weighted by Gasteiger charge is 2.42. The number of rotatable bonds is 7. The van der Waals surface area contributed by atoms with Crippen LogP contribution in [-0.2, 0) is 6.54 Å². The molecule has 2 N–H and O–H groups in total. The highest BCUT2D eigenvalue weighted by Crippen LogP contribution is 2.45. The van der Waals surface area contributed by atoms with Crippen LogP contribution in [0.5, 0.6) is 11.5 Å². The van der Waals surface area contributed by atoms with Gasteiger partial charge in [-0.3, -0.25) is 9.89 Å². The number of nitrogens with zero attached hydrogens (tertiary/aromatic N) is 2. The van der Waals surface area contributed by atoms with Gasteiger partial charge < -0.3 is 19.2 Å². The molecule has 0 aliphatic carbocycles. The summed E-state index contributed by atoms with van der Waals surface area (Å²) in [5, 5.41) is 18.2. The fourth-order valence-electron chi connectivity index (χ4n) is 4.08. The Morgan fingerprint density at radius 1 is 1.24 bits per heavy atom. The molecule has 4 aromatic rings. The number of aromatic amines is 1. The van der Waals surface area contributed by atoms with Crippen LogP contribution in [0.25, 0.3) is 11.3 Å². The maximum Gasteiger partial charge on any atom is 0.273 e. The third-order valence-corrected chi connectivity index (χ3v) is 5.78. The maximum absolute atomic E-state index is 13.4. The van der Waals surface area contributed by atoms with Gasteiger partial charge in [-0.2, -0.15) is 5.10 Å². The molecule has 0 bridgehead atoms. The summed E-state index contributed by atoms with van der Waals surface area (Å²) in [5.41, 5.74) is 2.82. The van der Waals surface area contributed by atoms with Crippen LogP contribution in [0.15, 0.2) is 77.9 Å². The Morgan fingerprint density at radius 2 is 2.06 bits per heavy atom. The predicted octanol–water partition coefficient (Wildman–Crippen LogP) is 5.34. The minimum atomic E-state index is -0.460. The summed E-state index contributed by atoms with van der Waals surface area (Å²) in [5.74, 6) is 1.17. The van der Waals surface area contributed by atoms with Gasteiger partial charge in [-0.05, 0) is 48.0 Å². The van der Waals surface area contributed by atoms with Crippen LogP contribution in [0.2, 0.25) is 5.02 Å². The van der Waals surface area contributed by atoms with E-state index in [1.807, 2.05) is 30.3 Å². The molecule has 2 aromatic carbocycles. The molecule has 0 radical (unpaired) electrons. The van der Waals surface area contributed by atoms with E-state index in [9.17, 15) is 9.90 Å². The number of fused-ring (bicyclic) bond motifs is 1. The van der Waals surface area contributed by atoms with Crippen molar-refractivity contribution in [2.45, 2.75) is 12.6 Å². The van der Waals surface area contributed by atoms with Crippen LogP contribution in [0.1, 0.15) is 33.4 Å². The second kappa shape index (κ2) is 8.52. The maximum atomic E-state index is 13.4. The lowest BCUT2D eigenvalue weighted by molar-refractivity contribution is 0.0717. The summed E-state index contributed by atoms with van der Waals surface area (Å²) in [4.78, 5) is 15.1. The lowest BCUT2D eigenvalue weighted by Gasteiger charge is -2.25. The number of aromatic hydroxyl groups is 1. The van der Waals surface area contributed by atoms with Gasteiger partial charge >= 0.3 is 0 Å². The number of ether oxygens (including phenoxy) is 1. The Hall–Kier alpha value is -3.97. The van der Waals surface area contributed by atoms with Crippen LogP contribution in [0, 0.1) is 0 Å². The lowest BCUT2D eigenvalue weighted by Crippen LogP contribution is -2.28. The van der Waals surface area contributed by atoms with Gasteiger partial charge in [-0.1, -0.05) is 36.4 Å². The van der Waals surface area contributed by atoms with Crippen molar-refractivity contribution in [2.24, 2.45) is 0 Å². The molecule has 1 aliphatic rings. The van der Waals surface area contributed by atoms with Crippen molar-refractivity contribution in [3.05, 3.63) is 101 Å². The Kier molecular flexibility index (Phi) is 5.40. The van der Waals surface area contributed by atoms with Crippen molar-refractivity contribution in [3.8, 4) is 22.8 Å². The number of furan rings is 1. The molecule has 0 saturated carbocycles. The van der Waals surface area contributed by atoms with Crippen molar-refractivity contribution in [1.82, 2.24) is 15.1 Å². The first-order valence-corrected chi connectivity index (χ1v) is 10.7. The van der Waals surface area contributed by atoms with E-state index in [1.165, 1.54) is 6.07 Å². The van der Waals surface area contributed by atoms with Gasteiger partial charge in [-0.15, -0.1) is 0 Å². The zero-order valence-electron chi connectivity index (χ0n) is 17.5. The second-order valence-corrected chi connectivity index (χ2v) is 8.04. The minimum Gasteiger partial charge on any atom is -0.507 e. The van der Waals surface area contributed by atoms with Gasteiger partial charge in [0.1, 0.15) is 35.3 Å². The number of phenols is 1.